The first-order valence-electron chi connectivity index (χ1n) is 11.5. The van der Waals surface area contributed by atoms with Crippen LogP contribution in [0.1, 0.15) is 29.1 Å². The number of para-hydroxylation sites is 1. The van der Waals surface area contributed by atoms with Crippen LogP contribution >= 0.6 is 23.2 Å². The van der Waals surface area contributed by atoms with E-state index < -0.39 is 17.8 Å². The molecule has 0 saturated carbocycles. The van der Waals surface area contributed by atoms with E-state index in [4.69, 9.17) is 28.9 Å². The minimum atomic E-state index is -4.62. The molecule has 1 fully saturated rings. The van der Waals surface area contributed by atoms with Gasteiger partial charge in [-0.25, -0.2) is 9.67 Å². The molecule has 9 nitrogen and oxygen atoms in total. The highest BCUT2D eigenvalue weighted by molar-refractivity contribution is 6.37. The molecule has 0 unspecified atom stereocenters. The number of alkyl halides is 3. The molecule has 0 bridgehead atoms. The van der Waals surface area contributed by atoms with Gasteiger partial charge >= 0.3 is 6.18 Å². The zero-order valence-electron chi connectivity index (χ0n) is 20.2. The molecule has 1 aliphatic rings. The molecule has 0 atom stereocenters. The van der Waals surface area contributed by atoms with E-state index in [9.17, 15) is 22.8 Å². The maximum Gasteiger partial charge on any atom is 0.434 e. The fourth-order valence-electron chi connectivity index (χ4n) is 4.24. The minimum absolute atomic E-state index is 0.0690. The summed E-state index contributed by atoms with van der Waals surface area (Å²) in [5.41, 5.74) is 6.00. The highest BCUT2D eigenvalue weighted by Crippen LogP contribution is 2.36. The van der Waals surface area contributed by atoms with Gasteiger partial charge in [-0.1, -0.05) is 29.3 Å². The monoisotopic (exact) mass is 577 g/mol. The van der Waals surface area contributed by atoms with Gasteiger partial charge in [-0.2, -0.15) is 18.3 Å². The molecule has 202 valence electrons. The molecule has 5 rings (SSSR count). The van der Waals surface area contributed by atoms with E-state index in [0.717, 1.165) is 6.20 Å². The third-order valence-corrected chi connectivity index (χ3v) is 6.87. The van der Waals surface area contributed by atoms with Crippen molar-refractivity contribution in [1.82, 2.24) is 24.2 Å². The summed E-state index contributed by atoms with van der Waals surface area (Å²) in [6, 6.07) is 11.0. The number of anilines is 2. The second-order valence-corrected chi connectivity index (χ2v) is 9.72. The lowest BCUT2D eigenvalue weighted by atomic mass is 10.1. The lowest BCUT2D eigenvalue weighted by Crippen LogP contribution is -2.49. The second-order valence-electron chi connectivity index (χ2n) is 8.91. The smallest absolute Gasteiger partial charge is 0.364 e. The maximum absolute atomic E-state index is 13.5. The number of nitrogens with zero attached hydrogens (tertiary/aromatic N) is 5. The normalized spacial score (nSPS) is 13.8. The molecule has 1 aliphatic heterocycles. The van der Waals surface area contributed by atoms with Crippen LogP contribution in [0.4, 0.5) is 24.5 Å². The zero-order chi connectivity index (χ0) is 28.1. The van der Waals surface area contributed by atoms with Crippen molar-refractivity contribution in [3.63, 3.8) is 0 Å². The lowest BCUT2D eigenvalue weighted by Gasteiger charge is -2.39. The Kier molecular flexibility index (Phi) is 6.77. The van der Waals surface area contributed by atoms with Gasteiger partial charge in [-0.3, -0.25) is 9.59 Å². The standard InChI is InChI=1S/C25H20Cl2F3N7O2/c1-13(38)35-9-16(10-35)36-12-20(25(28,29)30)33-24(36)14-5-7-15(8-6-14)32-19-11-37(34-21(19)23(31)39)22-17(26)3-2-4-18(22)27/h2-8,11-12,16,32H,9-10H2,1H3,(H2,31,39). The highest BCUT2D eigenvalue weighted by Gasteiger charge is 2.38. The Labute approximate surface area is 229 Å². The first-order valence-corrected chi connectivity index (χ1v) is 12.3. The second kappa shape index (κ2) is 9.93. The first kappa shape index (κ1) is 26.6. The summed E-state index contributed by atoms with van der Waals surface area (Å²) in [5.74, 6) is -0.811. The molecule has 4 aromatic rings. The average molecular weight is 578 g/mol. The molecule has 3 N–H and O–H groups in total. The van der Waals surface area contributed by atoms with Crippen LogP contribution in [0, 0.1) is 0 Å². The van der Waals surface area contributed by atoms with Crippen LogP contribution in [0.5, 0.6) is 0 Å². The van der Waals surface area contributed by atoms with E-state index in [1.165, 1.54) is 22.4 Å². The summed E-state index contributed by atoms with van der Waals surface area (Å²) in [6.45, 7) is 2.00. The number of nitrogens with two attached hydrogens (primary N) is 1. The molecule has 0 aliphatic carbocycles. The van der Waals surface area contributed by atoms with Gasteiger partial charge in [0.2, 0.25) is 5.91 Å². The van der Waals surface area contributed by atoms with Gasteiger partial charge < -0.3 is 20.5 Å². The van der Waals surface area contributed by atoms with Crippen molar-refractivity contribution in [2.24, 2.45) is 5.73 Å². The molecule has 39 heavy (non-hydrogen) atoms. The summed E-state index contributed by atoms with van der Waals surface area (Å²) in [6.07, 6.45) is -2.15. The Bertz CT molecular complexity index is 1560. The number of likely N-dealkylation sites (tertiary alicyclic amines) is 1. The molecule has 0 radical (unpaired) electrons. The van der Waals surface area contributed by atoms with Crippen LogP contribution in [0.3, 0.4) is 0 Å². The molecular formula is C25H20Cl2F3N7O2. The zero-order valence-corrected chi connectivity index (χ0v) is 21.7. The number of primary amides is 1. The Balaban J connectivity index is 1.44. The topological polar surface area (TPSA) is 111 Å². The van der Waals surface area contributed by atoms with Gasteiger partial charge in [-0.05, 0) is 36.4 Å². The quantitative estimate of drug-likeness (QED) is 0.323. The van der Waals surface area contributed by atoms with Crippen LogP contribution in [-0.4, -0.2) is 49.1 Å². The van der Waals surface area contributed by atoms with Crippen LogP contribution in [0.15, 0.2) is 54.9 Å². The number of imidazole rings is 1. The largest absolute Gasteiger partial charge is 0.434 e. The summed E-state index contributed by atoms with van der Waals surface area (Å²) < 4.78 is 43.2. The van der Waals surface area contributed by atoms with Crippen molar-refractivity contribution in [1.29, 1.82) is 0 Å². The minimum Gasteiger partial charge on any atom is -0.364 e. The number of aromatic nitrogens is 4. The SMILES string of the molecule is CC(=O)N1CC(n2cc(C(F)(F)F)nc2-c2ccc(Nc3cn(-c4c(Cl)cccc4Cl)nc3C(N)=O)cc2)C1. The third kappa shape index (κ3) is 5.17. The predicted molar refractivity (Wildman–Crippen MR) is 139 cm³/mol. The van der Waals surface area contributed by atoms with Gasteiger partial charge in [0.15, 0.2) is 11.4 Å². The number of carbonyl (C=O) groups excluding carboxylic acids is 2. The van der Waals surface area contributed by atoms with Crippen molar-refractivity contribution in [2.75, 3.05) is 18.4 Å². The fourth-order valence-corrected chi connectivity index (χ4v) is 4.81. The Hall–Kier alpha value is -4.03. The molecule has 2 aromatic heterocycles. The number of rotatable bonds is 6. The van der Waals surface area contributed by atoms with E-state index >= 15 is 0 Å². The van der Waals surface area contributed by atoms with E-state index in [1.54, 1.807) is 47.4 Å². The van der Waals surface area contributed by atoms with Gasteiger partial charge in [0.1, 0.15) is 11.5 Å². The fraction of sp³-hybridized carbons (Fsp3) is 0.200. The van der Waals surface area contributed by atoms with Crippen LogP contribution in [-0.2, 0) is 11.0 Å². The first-order chi connectivity index (χ1) is 18.4. The van der Waals surface area contributed by atoms with E-state index in [1.807, 2.05) is 0 Å². The Morgan fingerprint density at radius 3 is 2.26 bits per heavy atom. The van der Waals surface area contributed by atoms with Crippen molar-refractivity contribution < 1.29 is 22.8 Å². The lowest BCUT2D eigenvalue weighted by molar-refractivity contribution is -0.141. The Morgan fingerprint density at radius 2 is 1.69 bits per heavy atom. The number of carbonyl (C=O) groups is 2. The van der Waals surface area contributed by atoms with Crippen LogP contribution in [0.25, 0.3) is 17.1 Å². The van der Waals surface area contributed by atoms with E-state index in [0.29, 0.717) is 40.1 Å². The van der Waals surface area contributed by atoms with Gasteiger partial charge in [0.25, 0.3) is 5.91 Å². The number of hydrogen-bond donors (Lipinski definition) is 2. The summed E-state index contributed by atoms with van der Waals surface area (Å²) in [7, 11) is 0. The Morgan fingerprint density at radius 1 is 1.05 bits per heavy atom. The molecule has 1 saturated heterocycles. The molecular weight excluding hydrogens is 558 g/mol. The van der Waals surface area contributed by atoms with Gasteiger partial charge in [-0.15, -0.1) is 0 Å². The summed E-state index contributed by atoms with van der Waals surface area (Å²) in [5, 5.41) is 7.88. The van der Waals surface area contributed by atoms with E-state index in [-0.39, 0.29) is 29.2 Å². The number of halogens is 5. The molecule has 2 amide bonds. The van der Waals surface area contributed by atoms with E-state index in [2.05, 4.69) is 15.4 Å². The average Bonchev–Trinajstić information content (AvgIpc) is 3.44. The van der Waals surface area contributed by atoms with Crippen LogP contribution in [0.2, 0.25) is 10.0 Å². The number of amides is 2. The summed E-state index contributed by atoms with van der Waals surface area (Å²) in [4.78, 5) is 29.0. The number of hydrogen-bond acceptors (Lipinski definition) is 5. The van der Waals surface area contributed by atoms with Crippen molar-refractivity contribution in [2.45, 2.75) is 19.1 Å². The maximum atomic E-state index is 13.5. The molecule has 14 heteroatoms. The van der Waals surface area contributed by atoms with Crippen molar-refractivity contribution in [3.8, 4) is 17.1 Å². The highest BCUT2D eigenvalue weighted by atomic mass is 35.5. The number of benzene rings is 2. The van der Waals surface area contributed by atoms with Crippen LogP contribution < -0.4 is 11.1 Å². The summed E-state index contributed by atoms with van der Waals surface area (Å²) >= 11 is 12.5. The predicted octanol–water partition coefficient (Wildman–Crippen LogP) is 5.31. The molecule has 2 aromatic carbocycles. The number of nitrogens with one attached hydrogen (secondary N) is 1. The van der Waals surface area contributed by atoms with Crippen molar-refractivity contribution in [3.05, 3.63) is 76.3 Å². The van der Waals surface area contributed by atoms with Crippen molar-refractivity contribution >= 4 is 46.4 Å². The molecule has 0 spiro atoms. The molecule has 3 heterocycles. The van der Waals surface area contributed by atoms with Gasteiger partial charge in [0, 0.05) is 37.5 Å². The van der Waals surface area contributed by atoms with Gasteiger partial charge in [0.05, 0.1) is 28.0 Å². The third-order valence-electron chi connectivity index (χ3n) is 6.26.